The minimum atomic E-state index is -1.47. The molecule has 2 aromatic carbocycles. The zero-order valence-corrected chi connectivity index (χ0v) is 9.65. The van der Waals surface area contributed by atoms with Crippen LogP contribution in [-0.2, 0) is 0 Å². The van der Waals surface area contributed by atoms with Gasteiger partial charge in [0.1, 0.15) is 11.9 Å². The molecule has 2 rings (SSSR count). The fourth-order valence-electron chi connectivity index (χ4n) is 1.52. The summed E-state index contributed by atoms with van der Waals surface area (Å²) < 4.78 is 66.2. The lowest BCUT2D eigenvalue weighted by Gasteiger charge is -2.10. The lowest BCUT2D eigenvalue weighted by Crippen LogP contribution is -2.02. The molecule has 2 nitrogen and oxygen atoms in total. The third kappa shape index (κ3) is 2.40. The summed E-state index contributed by atoms with van der Waals surface area (Å²) in [7, 11) is 0. The van der Waals surface area contributed by atoms with E-state index < -0.39 is 46.0 Å². The lowest BCUT2D eigenvalue weighted by atomic mass is 10.2. The van der Waals surface area contributed by atoms with Crippen molar-refractivity contribution < 1.29 is 22.0 Å². The average molecular weight is 284 g/mol. The first-order valence-electron chi connectivity index (χ1n) is 5.23. The Morgan fingerprint density at radius 1 is 0.850 bits per heavy atom. The first kappa shape index (κ1) is 13.8. The van der Waals surface area contributed by atoms with Gasteiger partial charge in [-0.1, -0.05) is 0 Å². The smallest absolute Gasteiger partial charge is 0.183 e. The molecule has 0 aromatic heterocycles. The normalized spacial score (nSPS) is 10.2. The molecule has 0 unspecified atom stereocenters. The topological polar surface area (TPSA) is 35.8 Å². The van der Waals surface area contributed by atoms with Crippen molar-refractivity contribution in [3.8, 4) is 6.07 Å². The molecule has 0 radical (unpaired) electrons. The standard InChI is InChI=1S/C13H5F5N2/c14-7-3-8(15)12(17)10(4-7)20-9-2-1-6(5-19)11(16)13(9)18/h1-4,20H. The molecule has 0 fully saturated rings. The Morgan fingerprint density at radius 2 is 1.55 bits per heavy atom. The summed E-state index contributed by atoms with van der Waals surface area (Å²) in [6, 6.07) is 4.24. The van der Waals surface area contributed by atoms with E-state index in [0.29, 0.717) is 12.1 Å². The van der Waals surface area contributed by atoms with Crippen LogP contribution in [0.3, 0.4) is 0 Å². The highest BCUT2D eigenvalue weighted by Gasteiger charge is 2.16. The van der Waals surface area contributed by atoms with Crippen molar-refractivity contribution in [1.29, 1.82) is 5.26 Å². The molecular weight excluding hydrogens is 279 g/mol. The molecule has 0 spiro atoms. The SMILES string of the molecule is N#Cc1ccc(Nc2cc(F)cc(F)c2F)c(F)c1F. The van der Waals surface area contributed by atoms with E-state index in [-0.39, 0.29) is 0 Å². The van der Waals surface area contributed by atoms with Crippen molar-refractivity contribution in [2.75, 3.05) is 5.32 Å². The number of halogens is 5. The maximum absolute atomic E-state index is 13.6. The third-order valence-corrected chi connectivity index (χ3v) is 2.47. The molecule has 20 heavy (non-hydrogen) atoms. The zero-order chi connectivity index (χ0) is 14.9. The van der Waals surface area contributed by atoms with Crippen LogP contribution >= 0.6 is 0 Å². The van der Waals surface area contributed by atoms with Crippen LogP contribution in [0.2, 0.25) is 0 Å². The van der Waals surface area contributed by atoms with Crippen molar-refractivity contribution in [1.82, 2.24) is 0 Å². The highest BCUT2D eigenvalue weighted by Crippen LogP contribution is 2.27. The van der Waals surface area contributed by atoms with E-state index in [1.807, 2.05) is 5.32 Å². The van der Waals surface area contributed by atoms with Crippen molar-refractivity contribution in [3.63, 3.8) is 0 Å². The second-order valence-corrected chi connectivity index (χ2v) is 3.77. The molecule has 0 aliphatic heterocycles. The number of benzene rings is 2. The Hall–Kier alpha value is -2.62. The second-order valence-electron chi connectivity index (χ2n) is 3.77. The molecular formula is C13H5F5N2. The molecule has 1 N–H and O–H groups in total. The van der Waals surface area contributed by atoms with Gasteiger partial charge in [-0.3, -0.25) is 0 Å². The van der Waals surface area contributed by atoms with Crippen molar-refractivity contribution in [2.45, 2.75) is 0 Å². The molecule has 0 heterocycles. The highest BCUT2D eigenvalue weighted by molar-refractivity contribution is 5.62. The van der Waals surface area contributed by atoms with E-state index in [4.69, 9.17) is 5.26 Å². The summed E-state index contributed by atoms with van der Waals surface area (Å²) in [6.07, 6.45) is 0. The quantitative estimate of drug-likeness (QED) is 0.668. The van der Waals surface area contributed by atoms with Gasteiger partial charge in [-0.05, 0) is 12.1 Å². The molecule has 0 bridgehead atoms. The summed E-state index contributed by atoms with van der Waals surface area (Å²) in [4.78, 5) is 0. The number of hydrogen-bond acceptors (Lipinski definition) is 2. The van der Waals surface area contributed by atoms with Crippen LogP contribution in [0.5, 0.6) is 0 Å². The van der Waals surface area contributed by atoms with Gasteiger partial charge in [0, 0.05) is 12.1 Å². The van der Waals surface area contributed by atoms with E-state index in [1.165, 1.54) is 6.07 Å². The van der Waals surface area contributed by atoms with Gasteiger partial charge in [0.15, 0.2) is 23.3 Å². The summed E-state index contributed by atoms with van der Waals surface area (Å²) in [5.41, 5.74) is -1.78. The van der Waals surface area contributed by atoms with Gasteiger partial charge in [0.05, 0.1) is 16.9 Å². The van der Waals surface area contributed by atoms with Crippen LogP contribution in [-0.4, -0.2) is 0 Å². The van der Waals surface area contributed by atoms with Crippen molar-refractivity contribution in [2.24, 2.45) is 0 Å². The molecule has 0 saturated carbocycles. The molecule has 0 atom stereocenters. The lowest BCUT2D eigenvalue weighted by molar-refractivity contribution is 0.497. The number of anilines is 2. The van der Waals surface area contributed by atoms with Crippen molar-refractivity contribution >= 4 is 11.4 Å². The zero-order valence-electron chi connectivity index (χ0n) is 9.65. The minimum absolute atomic E-state index is 0.316. The average Bonchev–Trinajstić information content (AvgIpc) is 2.41. The second kappa shape index (κ2) is 5.17. The van der Waals surface area contributed by atoms with Gasteiger partial charge in [-0.2, -0.15) is 5.26 Å². The maximum atomic E-state index is 13.6. The molecule has 0 amide bonds. The Balaban J connectivity index is 2.46. The first-order chi connectivity index (χ1) is 9.43. The molecule has 0 aliphatic rings. The van der Waals surface area contributed by atoms with Crippen LogP contribution in [0.25, 0.3) is 0 Å². The van der Waals surface area contributed by atoms with E-state index >= 15 is 0 Å². The van der Waals surface area contributed by atoms with Gasteiger partial charge >= 0.3 is 0 Å². The molecule has 0 saturated heterocycles. The predicted molar refractivity (Wildman–Crippen MR) is 60.7 cm³/mol. The summed E-state index contributed by atoms with van der Waals surface area (Å²) in [6.45, 7) is 0. The van der Waals surface area contributed by atoms with Crippen LogP contribution in [0.1, 0.15) is 5.56 Å². The van der Waals surface area contributed by atoms with E-state index in [1.54, 1.807) is 0 Å². The van der Waals surface area contributed by atoms with Gasteiger partial charge in [-0.15, -0.1) is 0 Å². The number of rotatable bonds is 2. The van der Waals surface area contributed by atoms with E-state index in [9.17, 15) is 22.0 Å². The number of nitrogens with zero attached hydrogens (tertiary/aromatic N) is 1. The van der Waals surface area contributed by atoms with Gasteiger partial charge < -0.3 is 5.32 Å². The van der Waals surface area contributed by atoms with Gasteiger partial charge in [0.2, 0.25) is 0 Å². The van der Waals surface area contributed by atoms with Crippen LogP contribution in [0.4, 0.5) is 33.3 Å². The third-order valence-electron chi connectivity index (χ3n) is 2.47. The summed E-state index contributed by atoms with van der Waals surface area (Å²) >= 11 is 0. The summed E-state index contributed by atoms with van der Waals surface area (Å²) in [5.74, 6) is -6.87. The monoisotopic (exact) mass is 284 g/mol. The Morgan fingerprint density at radius 3 is 2.20 bits per heavy atom. The molecule has 0 aliphatic carbocycles. The Bertz CT molecular complexity index is 722. The van der Waals surface area contributed by atoms with Gasteiger partial charge in [-0.25, -0.2) is 22.0 Å². The van der Waals surface area contributed by atoms with Crippen LogP contribution in [0.15, 0.2) is 24.3 Å². The van der Waals surface area contributed by atoms with Crippen LogP contribution < -0.4 is 5.32 Å². The van der Waals surface area contributed by atoms with Crippen LogP contribution in [0, 0.1) is 40.4 Å². The maximum Gasteiger partial charge on any atom is 0.183 e. The fourth-order valence-corrected chi connectivity index (χ4v) is 1.52. The Labute approximate surface area is 110 Å². The molecule has 102 valence electrons. The number of hydrogen-bond donors (Lipinski definition) is 1. The van der Waals surface area contributed by atoms with E-state index in [0.717, 1.165) is 12.1 Å². The molecule has 7 heteroatoms. The highest BCUT2D eigenvalue weighted by atomic mass is 19.2. The van der Waals surface area contributed by atoms with Crippen molar-refractivity contribution in [3.05, 3.63) is 58.9 Å². The number of nitrogens with one attached hydrogen (secondary N) is 1. The van der Waals surface area contributed by atoms with Gasteiger partial charge in [0.25, 0.3) is 0 Å². The number of nitriles is 1. The summed E-state index contributed by atoms with van der Waals surface area (Å²) in [5, 5.41) is 10.5. The predicted octanol–water partition coefficient (Wildman–Crippen LogP) is 4.00. The molecule has 2 aromatic rings. The Kier molecular flexibility index (Phi) is 3.57. The largest absolute Gasteiger partial charge is 0.350 e. The first-order valence-corrected chi connectivity index (χ1v) is 5.23. The fraction of sp³-hybridized carbons (Fsp3) is 0. The minimum Gasteiger partial charge on any atom is -0.350 e. The van der Waals surface area contributed by atoms with E-state index in [2.05, 4.69) is 0 Å².